The molecule has 0 aromatic heterocycles. The van der Waals surface area contributed by atoms with Crippen LogP contribution < -0.4 is 0 Å². The molecular weight excluding hydrogens is 258 g/mol. The van der Waals surface area contributed by atoms with E-state index >= 15 is 0 Å². The van der Waals surface area contributed by atoms with E-state index in [0.29, 0.717) is 26.0 Å². The van der Waals surface area contributed by atoms with Crippen molar-refractivity contribution < 1.29 is 19.4 Å². The molecule has 1 saturated carbocycles. The van der Waals surface area contributed by atoms with Crippen molar-refractivity contribution in [2.45, 2.75) is 58.5 Å². The Labute approximate surface area is 121 Å². The molecule has 0 bridgehead atoms. The Balaban J connectivity index is 2.51. The van der Waals surface area contributed by atoms with Crippen LogP contribution in [0.1, 0.15) is 52.4 Å². The van der Waals surface area contributed by atoms with Gasteiger partial charge in [-0.3, -0.25) is 9.59 Å². The molecule has 0 spiro atoms. The molecule has 1 rings (SSSR count). The third-order valence-corrected chi connectivity index (χ3v) is 4.06. The van der Waals surface area contributed by atoms with Crippen molar-refractivity contribution in [3.63, 3.8) is 0 Å². The molecule has 0 aromatic carbocycles. The van der Waals surface area contributed by atoms with Gasteiger partial charge in [0.25, 0.3) is 0 Å². The molecule has 1 N–H and O–H groups in total. The summed E-state index contributed by atoms with van der Waals surface area (Å²) in [7, 11) is 1.71. The number of rotatable bonds is 7. The summed E-state index contributed by atoms with van der Waals surface area (Å²) in [5, 5.41) is 9.47. The van der Waals surface area contributed by atoms with Gasteiger partial charge in [-0.2, -0.15) is 0 Å². The van der Waals surface area contributed by atoms with E-state index in [1.165, 1.54) is 0 Å². The molecule has 1 aliphatic rings. The van der Waals surface area contributed by atoms with Crippen molar-refractivity contribution in [3.8, 4) is 0 Å². The molecule has 0 saturated heterocycles. The molecule has 0 radical (unpaired) electrons. The first-order valence-corrected chi connectivity index (χ1v) is 7.46. The molecule has 1 aliphatic carbocycles. The van der Waals surface area contributed by atoms with E-state index in [-0.39, 0.29) is 18.4 Å². The Kier molecular flexibility index (Phi) is 6.46. The molecular formula is C15H27NO4. The third-order valence-electron chi connectivity index (χ3n) is 4.06. The van der Waals surface area contributed by atoms with E-state index in [1.807, 2.05) is 13.8 Å². The number of nitrogens with zero attached hydrogens (tertiary/aromatic N) is 1. The number of amides is 1. The van der Waals surface area contributed by atoms with E-state index < -0.39 is 11.4 Å². The number of hydrogen-bond acceptors (Lipinski definition) is 3. The first kappa shape index (κ1) is 17.0. The van der Waals surface area contributed by atoms with E-state index in [2.05, 4.69) is 0 Å². The second-order valence-electron chi connectivity index (χ2n) is 6.06. The van der Waals surface area contributed by atoms with E-state index in [4.69, 9.17) is 4.74 Å². The predicted octanol–water partition coefficient (Wildman–Crippen LogP) is 2.29. The average Bonchev–Trinajstić information content (AvgIpc) is 2.39. The monoisotopic (exact) mass is 285 g/mol. The van der Waals surface area contributed by atoms with Gasteiger partial charge in [0.2, 0.25) is 5.91 Å². The van der Waals surface area contributed by atoms with Gasteiger partial charge in [-0.15, -0.1) is 0 Å². The Morgan fingerprint density at radius 3 is 2.35 bits per heavy atom. The molecule has 116 valence electrons. The van der Waals surface area contributed by atoms with Crippen LogP contribution in [0.15, 0.2) is 0 Å². The summed E-state index contributed by atoms with van der Waals surface area (Å²) in [6.45, 7) is 4.89. The van der Waals surface area contributed by atoms with Crippen molar-refractivity contribution in [3.05, 3.63) is 0 Å². The van der Waals surface area contributed by atoms with Crippen molar-refractivity contribution in [2.75, 3.05) is 20.2 Å². The van der Waals surface area contributed by atoms with Gasteiger partial charge in [0.05, 0.1) is 18.1 Å². The van der Waals surface area contributed by atoms with Gasteiger partial charge in [0.15, 0.2) is 0 Å². The molecule has 5 nitrogen and oxygen atoms in total. The van der Waals surface area contributed by atoms with Crippen molar-refractivity contribution >= 4 is 11.9 Å². The summed E-state index contributed by atoms with van der Waals surface area (Å²) in [5.74, 6) is -0.918. The number of ether oxygens (including phenoxy) is 1. The number of aliphatic carboxylic acids is 1. The minimum Gasteiger partial charge on any atom is -0.481 e. The van der Waals surface area contributed by atoms with E-state index in [9.17, 15) is 14.7 Å². The molecule has 5 heteroatoms. The lowest BCUT2D eigenvalue weighted by atomic mass is 9.71. The summed E-state index contributed by atoms with van der Waals surface area (Å²) >= 11 is 0. The predicted molar refractivity (Wildman–Crippen MR) is 76.5 cm³/mol. The van der Waals surface area contributed by atoms with Gasteiger partial charge in [0.1, 0.15) is 0 Å². The molecule has 1 amide bonds. The Hall–Kier alpha value is -1.10. The fraction of sp³-hybridized carbons (Fsp3) is 0.867. The number of hydrogen-bond donors (Lipinski definition) is 1. The van der Waals surface area contributed by atoms with Crippen LogP contribution in [-0.2, 0) is 14.3 Å². The quantitative estimate of drug-likeness (QED) is 0.779. The Morgan fingerprint density at radius 1 is 1.25 bits per heavy atom. The van der Waals surface area contributed by atoms with Gasteiger partial charge in [-0.25, -0.2) is 0 Å². The van der Waals surface area contributed by atoms with Crippen LogP contribution in [0.4, 0.5) is 0 Å². The minimum absolute atomic E-state index is 0.0957. The van der Waals surface area contributed by atoms with Gasteiger partial charge < -0.3 is 14.7 Å². The number of likely N-dealkylation sites (N-methyl/N-ethyl adjacent to an activating group) is 1. The summed E-state index contributed by atoms with van der Waals surface area (Å²) in [4.78, 5) is 25.3. The van der Waals surface area contributed by atoms with Gasteiger partial charge in [-0.05, 0) is 26.7 Å². The molecule has 0 heterocycles. The third kappa shape index (κ3) is 4.78. The van der Waals surface area contributed by atoms with E-state index in [0.717, 1.165) is 19.3 Å². The van der Waals surface area contributed by atoms with Crippen LogP contribution in [-0.4, -0.2) is 48.2 Å². The lowest BCUT2D eigenvalue weighted by Crippen LogP contribution is -2.40. The van der Waals surface area contributed by atoms with Gasteiger partial charge >= 0.3 is 5.97 Å². The minimum atomic E-state index is -0.845. The zero-order valence-electron chi connectivity index (χ0n) is 12.9. The maximum atomic E-state index is 12.2. The fourth-order valence-electron chi connectivity index (χ4n) is 2.67. The first-order chi connectivity index (χ1) is 9.37. The van der Waals surface area contributed by atoms with Crippen molar-refractivity contribution in [2.24, 2.45) is 5.41 Å². The molecule has 0 aromatic rings. The smallest absolute Gasteiger partial charge is 0.310 e. The summed E-state index contributed by atoms with van der Waals surface area (Å²) in [5.41, 5.74) is -0.845. The second kappa shape index (κ2) is 7.62. The zero-order valence-corrected chi connectivity index (χ0v) is 12.9. The number of carboxylic acid groups (broad SMARTS) is 1. The van der Waals surface area contributed by atoms with Crippen LogP contribution in [0.2, 0.25) is 0 Å². The lowest BCUT2D eigenvalue weighted by Gasteiger charge is -2.33. The Bertz CT molecular complexity index is 335. The van der Waals surface area contributed by atoms with Crippen molar-refractivity contribution in [1.82, 2.24) is 4.90 Å². The summed E-state index contributed by atoms with van der Waals surface area (Å²) in [6.07, 6.45) is 4.36. The lowest BCUT2D eigenvalue weighted by molar-refractivity contribution is -0.155. The zero-order chi connectivity index (χ0) is 15.2. The maximum Gasteiger partial charge on any atom is 0.310 e. The fourth-order valence-corrected chi connectivity index (χ4v) is 2.67. The normalized spacial score (nSPS) is 18.0. The number of carboxylic acids is 1. The summed E-state index contributed by atoms with van der Waals surface area (Å²) < 4.78 is 5.42. The van der Waals surface area contributed by atoms with Crippen LogP contribution in [0, 0.1) is 5.41 Å². The molecule has 0 atom stereocenters. The summed E-state index contributed by atoms with van der Waals surface area (Å²) in [6, 6.07) is 0. The van der Waals surface area contributed by atoms with Crippen molar-refractivity contribution in [1.29, 1.82) is 0 Å². The topological polar surface area (TPSA) is 66.8 Å². The molecule has 0 aliphatic heterocycles. The number of carbonyl (C=O) groups is 2. The maximum absolute atomic E-state index is 12.2. The highest BCUT2D eigenvalue weighted by Crippen LogP contribution is 2.39. The molecule has 0 unspecified atom stereocenters. The Morgan fingerprint density at radius 2 is 1.85 bits per heavy atom. The molecule has 1 fully saturated rings. The van der Waals surface area contributed by atoms with Gasteiger partial charge in [0, 0.05) is 20.0 Å². The molecule has 20 heavy (non-hydrogen) atoms. The SMILES string of the molecule is CC(C)OCCN(C)C(=O)CC1(C(=O)O)CCCCC1. The second-order valence-corrected chi connectivity index (χ2v) is 6.06. The van der Waals surface area contributed by atoms with Crippen LogP contribution >= 0.6 is 0 Å². The first-order valence-electron chi connectivity index (χ1n) is 7.46. The average molecular weight is 285 g/mol. The highest BCUT2D eigenvalue weighted by Gasteiger charge is 2.41. The van der Waals surface area contributed by atoms with Gasteiger partial charge in [-0.1, -0.05) is 19.3 Å². The highest BCUT2D eigenvalue weighted by atomic mass is 16.5. The highest BCUT2D eigenvalue weighted by molar-refractivity contribution is 5.85. The standard InChI is InChI=1S/C15H27NO4/c1-12(2)20-10-9-16(3)13(17)11-15(14(18)19)7-5-4-6-8-15/h12H,4-11H2,1-3H3,(H,18,19). The van der Waals surface area contributed by atoms with Crippen LogP contribution in [0.5, 0.6) is 0 Å². The van der Waals surface area contributed by atoms with E-state index in [1.54, 1.807) is 11.9 Å². The van der Waals surface area contributed by atoms with Crippen LogP contribution in [0.25, 0.3) is 0 Å². The largest absolute Gasteiger partial charge is 0.481 e. The van der Waals surface area contributed by atoms with Crippen LogP contribution in [0.3, 0.4) is 0 Å². The number of carbonyl (C=O) groups excluding carboxylic acids is 1.